The summed E-state index contributed by atoms with van der Waals surface area (Å²) in [6, 6.07) is 23.9. The molecule has 1 fully saturated rings. The van der Waals surface area contributed by atoms with E-state index in [2.05, 4.69) is 17.7 Å². The predicted molar refractivity (Wildman–Crippen MR) is 145 cm³/mol. The second-order valence-electron chi connectivity index (χ2n) is 10.3. The molecule has 198 valence electrons. The SMILES string of the molecule is CCCCC[SiH]1CCC(c2ccc(-c3ccc(CCc4ccc(OC(F)(F)F)cc4)cc3)c(F)c2)CC1. The topological polar surface area (TPSA) is 9.23 Å². The van der Waals surface area contributed by atoms with E-state index in [0.717, 1.165) is 28.7 Å². The molecule has 0 saturated carbocycles. The Kier molecular flexibility index (Phi) is 9.47. The highest BCUT2D eigenvalue weighted by atomic mass is 28.3. The van der Waals surface area contributed by atoms with Crippen LogP contribution in [0.25, 0.3) is 11.1 Å². The van der Waals surface area contributed by atoms with Crippen LogP contribution in [0, 0.1) is 5.82 Å². The van der Waals surface area contributed by atoms with Gasteiger partial charge >= 0.3 is 6.36 Å². The Hall–Kier alpha value is -2.60. The monoisotopic (exact) mass is 528 g/mol. The van der Waals surface area contributed by atoms with E-state index >= 15 is 4.39 Å². The van der Waals surface area contributed by atoms with Crippen molar-refractivity contribution in [2.45, 2.75) is 82.3 Å². The highest BCUT2D eigenvalue weighted by Crippen LogP contribution is 2.37. The fourth-order valence-corrected chi connectivity index (χ4v) is 8.96. The second-order valence-corrected chi connectivity index (χ2v) is 13.8. The largest absolute Gasteiger partial charge is 0.573 e. The number of unbranched alkanes of at least 4 members (excludes halogenated alkanes) is 2. The molecule has 0 atom stereocenters. The van der Waals surface area contributed by atoms with Gasteiger partial charge in [0.15, 0.2) is 0 Å². The van der Waals surface area contributed by atoms with Crippen LogP contribution in [-0.4, -0.2) is 15.2 Å². The molecule has 1 aliphatic heterocycles. The van der Waals surface area contributed by atoms with Crippen LogP contribution in [0.1, 0.15) is 61.6 Å². The molecule has 37 heavy (non-hydrogen) atoms. The Bertz CT molecular complexity index is 1120. The van der Waals surface area contributed by atoms with Gasteiger partial charge in [-0.1, -0.05) is 92.8 Å². The molecular weight excluding hydrogens is 492 g/mol. The van der Waals surface area contributed by atoms with Crippen molar-refractivity contribution in [1.29, 1.82) is 0 Å². The van der Waals surface area contributed by atoms with Crippen molar-refractivity contribution < 1.29 is 22.3 Å². The van der Waals surface area contributed by atoms with E-state index in [0.29, 0.717) is 17.9 Å². The molecule has 3 aromatic carbocycles. The van der Waals surface area contributed by atoms with Gasteiger partial charge in [0, 0.05) is 14.4 Å². The normalized spacial score (nSPS) is 18.1. The molecule has 1 heterocycles. The number of rotatable bonds is 10. The molecule has 0 amide bonds. The zero-order valence-corrected chi connectivity index (χ0v) is 22.7. The number of ether oxygens (including phenoxy) is 1. The van der Waals surface area contributed by atoms with E-state index in [1.807, 2.05) is 30.3 Å². The molecule has 1 aliphatic rings. The highest BCUT2D eigenvalue weighted by molar-refractivity contribution is 6.59. The zero-order chi connectivity index (χ0) is 26.3. The number of halogens is 4. The maximum Gasteiger partial charge on any atom is 0.573 e. The first-order valence-electron chi connectivity index (χ1n) is 13.5. The Labute approximate surface area is 219 Å². The summed E-state index contributed by atoms with van der Waals surface area (Å²) in [6.07, 6.45) is 3.23. The molecule has 0 spiro atoms. The van der Waals surface area contributed by atoms with E-state index in [4.69, 9.17) is 0 Å². The quantitative estimate of drug-likeness (QED) is 0.145. The van der Waals surface area contributed by atoms with Gasteiger partial charge in [0.2, 0.25) is 0 Å². The van der Waals surface area contributed by atoms with Crippen molar-refractivity contribution in [2.75, 3.05) is 0 Å². The maximum atomic E-state index is 15.1. The van der Waals surface area contributed by atoms with Crippen LogP contribution in [0.2, 0.25) is 18.1 Å². The van der Waals surface area contributed by atoms with Gasteiger partial charge < -0.3 is 4.74 Å². The van der Waals surface area contributed by atoms with Crippen molar-refractivity contribution in [1.82, 2.24) is 0 Å². The minimum atomic E-state index is -4.68. The maximum absolute atomic E-state index is 15.1. The Morgan fingerprint density at radius 2 is 1.46 bits per heavy atom. The molecule has 4 rings (SSSR count). The van der Waals surface area contributed by atoms with Gasteiger partial charge in [-0.15, -0.1) is 13.2 Å². The van der Waals surface area contributed by atoms with Crippen molar-refractivity contribution in [3.8, 4) is 16.9 Å². The molecular formula is C31H36F4OSi. The molecule has 0 radical (unpaired) electrons. The lowest BCUT2D eigenvalue weighted by Crippen LogP contribution is -2.20. The summed E-state index contributed by atoms with van der Waals surface area (Å²) < 4.78 is 56.0. The van der Waals surface area contributed by atoms with E-state index in [1.54, 1.807) is 18.2 Å². The van der Waals surface area contributed by atoms with Crippen LogP contribution in [-0.2, 0) is 12.8 Å². The third-order valence-corrected chi connectivity index (χ3v) is 11.2. The lowest BCUT2D eigenvalue weighted by Gasteiger charge is -2.28. The van der Waals surface area contributed by atoms with E-state index in [-0.39, 0.29) is 11.6 Å². The molecule has 0 unspecified atom stereocenters. The van der Waals surface area contributed by atoms with Crippen molar-refractivity contribution in [3.63, 3.8) is 0 Å². The molecule has 1 nitrogen and oxygen atoms in total. The highest BCUT2D eigenvalue weighted by Gasteiger charge is 2.31. The van der Waals surface area contributed by atoms with Gasteiger partial charge in [0.05, 0.1) is 0 Å². The van der Waals surface area contributed by atoms with E-state index in [1.165, 1.54) is 62.4 Å². The molecule has 0 aromatic heterocycles. The summed E-state index contributed by atoms with van der Waals surface area (Å²) in [5.74, 6) is 0.120. The van der Waals surface area contributed by atoms with Crippen LogP contribution in [0.15, 0.2) is 66.7 Å². The molecule has 0 bridgehead atoms. The lowest BCUT2D eigenvalue weighted by atomic mass is 9.91. The first kappa shape index (κ1) is 27.4. The van der Waals surface area contributed by atoms with Crippen molar-refractivity contribution >= 4 is 8.80 Å². The van der Waals surface area contributed by atoms with Gasteiger partial charge in [-0.25, -0.2) is 4.39 Å². The number of hydrogen-bond acceptors (Lipinski definition) is 1. The van der Waals surface area contributed by atoms with Crippen LogP contribution in [0.4, 0.5) is 17.6 Å². The van der Waals surface area contributed by atoms with Crippen molar-refractivity contribution in [2.24, 2.45) is 0 Å². The number of aryl methyl sites for hydroxylation is 2. The molecule has 3 aromatic rings. The minimum Gasteiger partial charge on any atom is -0.406 e. The minimum absolute atomic E-state index is 0.159. The van der Waals surface area contributed by atoms with Crippen LogP contribution < -0.4 is 4.74 Å². The molecule has 1 saturated heterocycles. The summed E-state index contributed by atoms with van der Waals surface area (Å²) in [7, 11) is -0.573. The Morgan fingerprint density at radius 1 is 0.838 bits per heavy atom. The van der Waals surface area contributed by atoms with E-state index in [9.17, 15) is 13.2 Å². The standard InChI is InChI=1S/C31H36F4OSi/c1-2-3-4-19-37-20-17-25(18-21-37)27-13-16-29(30(32)22-27)26-11-7-23(8-12-26)5-6-24-9-14-28(15-10-24)36-31(33,34)35/h7-16,22,25,37H,2-6,17-21H2,1H3. The number of benzene rings is 3. The van der Waals surface area contributed by atoms with Gasteiger partial charge in [0.25, 0.3) is 0 Å². The van der Waals surface area contributed by atoms with Gasteiger partial charge in [-0.2, -0.15) is 0 Å². The molecule has 0 N–H and O–H groups in total. The average Bonchev–Trinajstić information content (AvgIpc) is 2.88. The summed E-state index contributed by atoms with van der Waals surface area (Å²) in [6.45, 7) is 2.26. The van der Waals surface area contributed by atoms with Gasteiger partial charge in [-0.3, -0.25) is 0 Å². The first-order valence-corrected chi connectivity index (χ1v) is 16.0. The van der Waals surface area contributed by atoms with Crippen LogP contribution in [0.3, 0.4) is 0 Å². The third-order valence-electron chi connectivity index (χ3n) is 7.65. The van der Waals surface area contributed by atoms with Crippen molar-refractivity contribution in [3.05, 3.63) is 89.2 Å². The zero-order valence-electron chi connectivity index (χ0n) is 21.5. The number of alkyl halides is 3. The van der Waals surface area contributed by atoms with Crippen LogP contribution >= 0.6 is 0 Å². The smallest absolute Gasteiger partial charge is 0.406 e. The third kappa shape index (κ3) is 8.19. The Balaban J connectivity index is 1.30. The summed E-state index contributed by atoms with van der Waals surface area (Å²) in [4.78, 5) is 0. The fourth-order valence-electron chi connectivity index (χ4n) is 5.48. The fraction of sp³-hybridized carbons (Fsp3) is 0.419. The second kappa shape index (κ2) is 12.8. The summed E-state index contributed by atoms with van der Waals surface area (Å²) in [5, 5.41) is 0. The summed E-state index contributed by atoms with van der Waals surface area (Å²) >= 11 is 0. The first-order chi connectivity index (χ1) is 17.8. The van der Waals surface area contributed by atoms with Gasteiger partial charge in [-0.05, 0) is 72.1 Å². The number of hydrogen-bond donors (Lipinski definition) is 0. The molecule has 6 heteroatoms. The predicted octanol–water partition coefficient (Wildman–Crippen LogP) is 9.47. The Morgan fingerprint density at radius 3 is 2.03 bits per heavy atom. The van der Waals surface area contributed by atoms with E-state index < -0.39 is 15.2 Å². The lowest BCUT2D eigenvalue weighted by molar-refractivity contribution is -0.274. The molecule has 0 aliphatic carbocycles. The summed E-state index contributed by atoms with van der Waals surface area (Å²) in [5.41, 5.74) is 4.64. The van der Waals surface area contributed by atoms with Gasteiger partial charge in [0.1, 0.15) is 11.6 Å². The average molecular weight is 529 g/mol. The van der Waals surface area contributed by atoms with Crippen LogP contribution in [0.5, 0.6) is 5.75 Å².